The fourth-order valence-corrected chi connectivity index (χ4v) is 0.481. The first-order valence-electron chi connectivity index (χ1n) is 3.18. The first-order valence-corrected chi connectivity index (χ1v) is 4.13. The highest BCUT2D eigenvalue weighted by molar-refractivity contribution is 7.11. The third-order valence-corrected chi connectivity index (χ3v) is 1.40. The van der Waals surface area contributed by atoms with Crippen LogP contribution in [0.2, 0.25) is 0 Å². The van der Waals surface area contributed by atoms with Crippen molar-refractivity contribution in [1.29, 1.82) is 0 Å². The number of ether oxygens (including phenoxy) is 2. The summed E-state index contributed by atoms with van der Waals surface area (Å²) in [5, 5.41) is 0. The first-order chi connectivity index (χ1) is 6.60. The maximum Gasteiger partial charge on any atom is 0.509 e. The predicted octanol–water partition coefficient (Wildman–Crippen LogP) is -0.194. The van der Waals surface area contributed by atoms with E-state index in [2.05, 4.69) is 18.5 Å². The van der Waals surface area contributed by atoms with E-state index in [1.165, 1.54) is 0 Å². The van der Waals surface area contributed by atoms with Gasteiger partial charge in [-0.15, -0.1) is 0 Å². The van der Waals surface area contributed by atoms with E-state index in [4.69, 9.17) is 0 Å². The molecule has 7 nitrogen and oxygen atoms in total. The van der Waals surface area contributed by atoms with Gasteiger partial charge in [0.15, 0.2) is 13.2 Å². The van der Waals surface area contributed by atoms with Crippen molar-refractivity contribution in [3.8, 4) is 0 Å². The lowest BCUT2D eigenvalue weighted by atomic mass is 10.7. The fourth-order valence-electron chi connectivity index (χ4n) is 0.345. The summed E-state index contributed by atoms with van der Waals surface area (Å²) < 4.78 is 16.6. The van der Waals surface area contributed by atoms with Crippen molar-refractivity contribution in [1.82, 2.24) is 0 Å². The Morgan fingerprint density at radius 2 is 1.21 bits per heavy atom. The first kappa shape index (κ1) is 13.1. The molecule has 0 fully saturated rings. The summed E-state index contributed by atoms with van der Waals surface area (Å²) in [6.45, 7) is -1.17. The highest BCUT2D eigenvalue weighted by Crippen LogP contribution is 1.93. The molecule has 0 N–H and O–H groups in total. The fraction of sp³-hybridized carbons (Fsp3) is 0.400. The van der Waals surface area contributed by atoms with Crippen molar-refractivity contribution < 1.29 is 32.9 Å². The maximum atomic E-state index is 10.6. The molecular formula is C5H8O7P2. The van der Waals surface area contributed by atoms with Crippen LogP contribution < -0.4 is 0 Å². The van der Waals surface area contributed by atoms with E-state index >= 15 is 0 Å². The molecule has 14 heavy (non-hydrogen) atoms. The van der Waals surface area contributed by atoms with Gasteiger partial charge < -0.3 is 18.5 Å². The minimum absolute atomic E-state index is 0.585. The molecule has 0 rings (SSSR count). The second-order valence-corrected chi connectivity index (χ2v) is 2.28. The molecule has 0 radical (unpaired) electrons. The number of rotatable bonds is 4. The van der Waals surface area contributed by atoms with Gasteiger partial charge in [0.2, 0.25) is 0 Å². The molecule has 0 amide bonds. The molecule has 0 spiro atoms. The molecule has 9 heteroatoms. The molecule has 2 atom stereocenters. The van der Waals surface area contributed by atoms with Crippen molar-refractivity contribution in [2.75, 3.05) is 13.2 Å². The number of hydrogen-bond acceptors (Lipinski definition) is 7. The Morgan fingerprint density at radius 1 is 0.857 bits per heavy atom. The third-order valence-electron chi connectivity index (χ3n) is 0.879. The molecule has 80 valence electrons. The molecule has 0 aliphatic heterocycles. The molecule has 0 aliphatic rings. The molecule has 0 aliphatic carbocycles. The summed E-state index contributed by atoms with van der Waals surface area (Å²) in [6.07, 6.45) is -1.16. The highest BCUT2D eigenvalue weighted by atomic mass is 31.0. The summed E-state index contributed by atoms with van der Waals surface area (Å²) in [7, 11) is 3.38. The summed E-state index contributed by atoms with van der Waals surface area (Å²) >= 11 is 0. The minimum Gasteiger partial charge on any atom is -0.449 e. The Hall–Kier alpha value is -0.930. The van der Waals surface area contributed by atoms with Gasteiger partial charge >= 0.3 is 18.1 Å². The average Bonchev–Trinajstić information content (AvgIpc) is 2.22. The quantitative estimate of drug-likeness (QED) is 0.498. The highest BCUT2D eigenvalue weighted by Gasteiger charge is 2.10. The Labute approximate surface area is 84.0 Å². The van der Waals surface area contributed by atoms with Crippen LogP contribution in [0.3, 0.4) is 0 Å². The second kappa shape index (κ2) is 7.47. The molecule has 0 saturated heterocycles. The minimum atomic E-state index is -1.16. The van der Waals surface area contributed by atoms with E-state index in [1.807, 2.05) is 0 Å². The van der Waals surface area contributed by atoms with Crippen LogP contribution in [0.4, 0.5) is 4.79 Å². The molecule has 0 aromatic heterocycles. The van der Waals surface area contributed by atoms with Crippen molar-refractivity contribution in [3.05, 3.63) is 0 Å². The number of carbonyl (C=O) groups is 3. The summed E-state index contributed by atoms with van der Waals surface area (Å²) in [5.74, 6) is -1.53. The molecule has 2 unspecified atom stereocenters. The van der Waals surface area contributed by atoms with Crippen molar-refractivity contribution in [2.24, 2.45) is 0 Å². The predicted molar refractivity (Wildman–Crippen MR) is 48.9 cm³/mol. The topological polar surface area (TPSA) is 88.1 Å². The van der Waals surface area contributed by atoms with Gasteiger partial charge in [0.1, 0.15) is 0 Å². The van der Waals surface area contributed by atoms with Gasteiger partial charge in [-0.05, 0) is 0 Å². The summed E-state index contributed by atoms with van der Waals surface area (Å²) in [6, 6.07) is 0. The van der Waals surface area contributed by atoms with E-state index in [-0.39, 0.29) is 0 Å². The van der Waals surface area contributed by atoms with Crippen LogP contribution in [0.5, 0.6) is 0 Å². The monoisotopic (exact) mass is 242 g/mol. The summed E-state index contributed by atoms with van der Waals surface area (Å²) in [4.78, 5) is 31.5. The van der Waals surface area contributed by atoms with Crippen LogP contribution in [0, 0.1) is 0 Å². The molecular weight excluding hydrogens is 234 g/mol. The number of carbonyl (C=O) groups excluding carboxylic acids is 3. The third kappa shape index (κ3) is 6.57. The zero-order chi connectivity index (χ0) is 11.0. The second-order valence-electron chi connectivity index (χ2n) is 1.81. The van der Waals surface area contributed by atoms with Crippen LogP contribution >= 0.6 is 18.9 Å². The maximum absolute atomic E-state index is 10.6. The van der Waals surface area contributed by atoms with E-state index in [0.717, 1.165) is 0 Å². The van der Waals surface area contributed by atoms with Crippen molar-refractivity contribution in [2.45, 2.75) is 0 Å². The van der Waals surface area contributed by atoms with Crippen LogP contribution in [-0.2, 0) is 28.1 Å². The van der Waals surface area contributed by atoms with E-state index in [1.54, 1.807) is 18.9 Å². The van der Waals surface area contributed by atoms with Gasteiger partial charge in [-0.1, -0.05) is 0 Å². The van der Waals surface area contributed by atoms with Crippen LogP contribution in [-0.4, -0.2) is 31.3 Å². The molecule has 0 heterocycles. The molecule has 0 aromatic rings. The van der Waals surface area contributed by atoms with E-state index < -0.39 is 31.3 Å². The van der Waals surface area contributed by atoms with E-state index in [9.17, 15) is 14.4 Å². The SMILES string of the molecule is O=C(COC(=O)OCC(=O)OP)OP. The Kier molecular flexibility index (Phi) is 6.98. The largest absolute Gasteiger partial charge is 0.509 e. The van der Waals surface area contributed by atoms with Gasteiger partial charge in [-0.3, -0.25) is 0 Å². The zero-order valence-electron chi connectivity index (χ0n) is 6.93. The van der Waals surface area contributed by atoms with Crippen molar-refractivity contribution in [3.63, 3.8) is 0 Å². The lowest BCUT2D eigenvalue weighted by Gasteiger charge is -2.03. The van der Waals surface area contributed by atoms with Crippen LogP contribution in [0.1, 0.15) is 0 Å². The van der Waals surface area contributed by atoms with Gasteiger partial charge in [-0.2, -0.15) is 0 Å². The number of hydrogen-bond donors (Lipinski definition) is 0. The Bertz CT molecular complexity index is 206. The van der Waals surface area contributed by atoms with Gasteiger partial charge in [-0.25, -0.2) is 14.4 Å². The molecule has 0 saturated carbocycles. The molecule has 0 bridgehead atoms. The van der Waals surface area contributed by atoms with E-state index in [0.29, 0.717) is 0 Å². The average molecular weight is 242 g/mol. The van der Waals surface area contributed by atoms with Crippen LogP contribution in [0.15, 0.2) is 0 Å². The summed E-state index contributed by atoms with van der Waals surface area (Å²) in [5.41, 5.74) is 0. The van der Waals surface area contributed by atoms with Crippen LogP contribution in [0.25, 0.3) is 0 Å². The Morgan fingerprint density at radius 3 is 1.50 bits per heavy atom. The standard InChI is InChI=1S/C5H8O7P2/c6-3(11-13)1-9-5(8)10-2-4(7)12-14/h1-2,13-14H2. The zero-order valence-corrected chi connectivity index (χ0v) is 9.24. The Balaban J connectivity index is 3.56. The molecule has 0 aromatic carbocycles. The van der Waals surface area contributed by atoms with Gasteiger partial charge in [0.25, 0.3) is 0 Å². The van der Waals surface area contributed by atoms with Crippen molar-refractivity contribution >= 4 is 37.0 Å². The smallest absolute Gasteiger partial charge is 0.449 e. The lowest BCUT2D eigenvalue weighted by molar-refractivity contribution is -0.139. The van der Waals surface area contributed by atoms with Gasteiger partial charge in [0.05, 0.1) is 18.9 Å². The normalized spacial score (nSPS) is 8.71. The van der Waals surface area contributed by atoms with Gasteiger partial charge in [0, 0.05) is 0 Å². The lowest BCUT2D eigenvalue weighted by Crippen LogP contribution is -2.18.